The van der Waals surface area contributed by atoms with Crippen LogP contribution in [0.2, 0.25) is 0 Å². The monoisotopic (exact) mass is 592 g/mol. The molecular formula is C18H22N6O11P2S-2. The lowest BCUT2D eigenvalue weighted by Crippen LogP contribution is -2.33. The molecule has 2 unspecified atom stereocenters. The molecule has 0 amide bonds. The van der Waals surface area contributed by atoms with E-state index >= 15 is 0 Å². The minimum absolute atomic E-state index is 0.0167. The van der Waals surface area contributed by atoms with Crippen LogP contribution in [0.4, 0.5) is 11.6 Å². The molecule has 0 spiro atoms. The van der Waals surface area contributed by atoms with E-state index in [0.29, 0.717) is 11.4 Å². The number of nitrogens with two attached hydrogens (primary N) is 2. The largest absolute Gasteiger partial charge is 0.770 e. The van der Waals surface area contributed by atoms with Crippen LogP contribution >= 0.6 is 26.0 Å². The summed E-state index contributed by atoms with van der Waals surface area (Å²) in [6, 6.07) is 2.70. The van der Waals surface area contributed by atoms with Gasteiger partial charge in [-0.05, 0) is 12.1 Å². The van der Waals surface area contributed by atoms with Crippen LogP contribution in [0, 0.1) is 0 Å². The predicted molar refractivity (Wildman–Crippen MR) is 126 cm³/mol. The Balaban J connectivity index is 1.36. The van der Waals surface area contributed by atoms with Crippen LogP contribution in [-0.4, -0.2) is 55.9 Å². The number of anilines is 2. The zero-order valence-corrected chi connectivity index (χ0v) is 21.9. The Morgan fingerprint density at radius 2 is 1.39 bits per heavy atom. The minimum Gasteiger partial charge on any atom is -0.770 e. The normalized spacial score (nSPS) is 38.1. The van der Waals surface area contributed by atoms with Crippen LogP contribution < -0.4 is 32.6 Å². The zero-order chi connectivity index (χ0) is 27.2. The lowest BCUT2D eigenvalue weighted by molar-refractivity contribution is -0.234. The van der Waals surface area contributed by atoms with Crippen molar-refractivity contribution in [1.29, 1.82) is 0 Å². The summed E-state index contributed by atoms with van der Waals surface area (Å²) >= 11 is 0.389. The van der Waals surface area contributed by atoms with Crippen LogP contribution in [-0.2, 0) is 32.2 Å². The van der Waals surface area contributed by atoms with Crippen molar-refractivity contribution in [2.24, 2.45) is 0 Å². The molecule has 3 aliphatic heterocycles. The van der Waals surface area contributed by atoms with Gasteiger partial charge in [-0.25, -0.2) is 9.59 Å². The molecule has 4 N–H and O–H groups in total. The maximum atomic E-state index is 12.8. The second kappa shape index (κ2) is 10.5. The van der Waals surface area contributed by atoms with Crippen LogP contribution in [0.3, 0.4) is 0 Å². The molecule has 20 heteroatoms. The zero-order valence-electron chi connectivity index (χ0n) is 19.3. The van der Waals surface area contributed by atoms with Crippen molar-refractivity contribution in [2.75, 3.05) is 23.8 Å². The Hall–Kier alpha value is -2.11. The highest BCUT2D eigenvalue weighted by Crippen LogP contribution is 2.57. The molecule has 2 aromatic heterocycles. The van der Waals surface area contributed by atoms with Gasteiger partial charge in [0.2, 0.25) is 0 Å². The van der Waals surface area contributed by atoms with E-state index in [1.54, 1.807) is 0 Å². The van der Waals surface area contributed by atoms with E-state index in [2.05, 4.69) is 9.97 Å². The fourth-order valence-corrected chi connectivity index (χ4v) is 7.96. The van der Waals surface area contributed by atoms with Crippen molar-refractivity contribution < 1.29 is 42.0 Å². The first kappa shape index (κ1) is 27.5. The molecule has 5 heterocycles. The molecule has 3 fully saturated rings. The number of phosphoric acid groups is 1. The fourth-order valence-electron chi connectivity index (χ4n) is 4.28. The molecule has 0 saturated carbocycles. The maximum Gasteiger partial charge on any atom is 0.351 e. The van der Waals surface area contributed by atoms with Crippen LogP contribution in [0.5, 0.6) is 0 Å². The van der Waals surface area contributed by atoms with Crippen molar-refractivity contribution in [3.63, 3.8) is 0 Å². The van der Waals surface area contributed by atoms with E-state index in [1.807, 2.05) is 0 Å². The number of rotatable bonds is 2. The summed E-state index contributed by atoms with van der Waals surface area (Å²) in [5.74, 6) is -0.327. The van der Waals surface area contributed by atoms with Gasteiger partial charge < -0.3 is 44.3 Å². The molecule has 3 aliphatic rings. The summed E-state index contributed by atoms with van der Waals surface area (Å²) in [6.45, 7) is -5.27. The van der Waals surface area contributed by atoms with Gasteiger partial charge in [0.15, 0.2) is 6.80 Å². The van der Waals surface area contributed by atoms with E-state index in [4.69, 9.17) is 34.5 Å². The molecular weight excluding hydrogens is 570 g/mol. The lowest BCUT2D eigenvalue weighted by atomic mass is 10.2. The highest BCUT2D eigenvalue weighted by molar-refractivity contribution is 8.54. The first-order valence-electron chi connectivity index (χ1n) is 11.2. The summed E-state index contributed by atoms with van der Waals surface area (Å²) in [5, 5.41) is 0. The maximum absolute atomic E-state index is 12.8. The Labute approximate surface area is 217 Å². The first-order valence-corrected chi connectivity index (χ1v) is 15.8. The SMILES string of the molecule is Nc1ccn([C@@H]2C[C@H]3OP(=O)([O-])SC[C@H]4O[C@@H](n5ccc(N)nc5=O)C[C@@H]4OP(=O)([O-])OC[C@@H]3O2)c(=O)n1. The van der Waals surface area contributed by atoms with Crippen LogP contribution in [0.15, 0.2) is 34.1 Å². The van der Waals surface area contributed by atoms with E-state index in [9.17, 15) is 28.5 Å². The van der Waals surface area contributed by atoms with Gasteiger partial charge in [-0.15, -0.1) is 0 Å². The number of fused-ring (bicyclic) bond motifs is 2. The van der Waals surface area contributed by atoms with Crippen LogP contribution in [0.1, 0.15) is 25.3 Å². The van der Waals surface area contributed by atoms with Crippen molar-refractivity contribution in [2.45, 2.75) is 49.7 Å². The van der Waals surface area contributed by atoms with E-state index in [1.165, 1.54) is 24.5 Å². The quantitative estimate of drug-likeness (QED) is 0.385. The van der Waals surface area contributed by atoms with E-state index in [-0.39, 0.29) is 30.2 Å². The topological polar surface area (TPSA) is 248 Å². The van der Waals surface area contributed by atoms with Crippen molar-refractivity contribution >= 4 is 37.6 Å². The van der Waals surface area contributed by atoms with Crippen molar-refractivity contribution in [3.8, 4) is 0 Å². The first-order chi connectivity index (χ1) is 17.9. The van der Waals surface area contributed by atoms with Gasteiger partial charge in [0, 0.05) is 31.0 Å². The van der Waals surface area contributed by atoms with Gasteiger partial charge in [-0.2, -0.15) is 9.97 Å². The lowest BCUT2D eigenvalue weighted by Gasteiger charge is -2.33. The Bertz CT molecular complexity index is 1320. The summed E-state index contributed by atoms with van der Waals surface area (Å²) in [4.78, 5) is 57.2. The number of aromatic nitrogens is 4. The molecule has 17 nitrogen and oxygen atoms in total. The van der Waals surface area contributed by atoms with E-state index < -0.39 is 69.5 Å². The van der Waals surface area contributed by atoms with Gasteiger partial charge in [-0.3, -0.25) is 18.3 Å². The van der Waals surface area contributed by atoms with Gasteiger partial charge in [0.05, 0.1) is 24.9 Å². The molecule has 0 aromatic carbocycles. The molecule has 3 saturated heterocycles. The third-order valence-corrected chi connectivity index (χ3v) is 9.98. The minimum atomic E-state index is -4.98. The number of phosphoric ester groups is 1. The molecule has 2 aromatic rings. The smallest absolute Gasteiger partial charge is 0.351 e. The number of hydrogen-bond acceptors (Lipinski definition) is 16. The van der Waals surface area contributed by atoms with Crippen molar-refractivity contribution in [3.05, 3.63) is 45.5 Å². The van der Waals surface area contributed by atoms with Gasteiger partial charge >= 0.3 is 11.4 Å². The number of hydrogen-bond donors (Lipinski definition) is 2. The molecule has 0 radical (unpaired) electrons. The second-order valence-electron chi connectivity index (χ2n) is 8.59. The molecule has 208 valence electrons. The molecule has 0 bridgehead atoms. The molecule has 8 atom stereocenters. The number of nitrogen functional groups attached to an aromatic ring is 2. The summed E-state index contributed by atoms with van der Waals surface area (Å²) in [5.41, 5.74) is 9.52. The summed E-state index contributed by atoms with van der Waals surface area (Å²) < 4.78 is 54.7. The number of nitrogens with zero attached hydrogens (tertiary/aromatic N) is 4. The van der Waals surface area contributed by atoms with Crippen LogP contribution in [0.25, 0.3) is 0 Å². The average molecular weight is 592 g/mol. The molecule has 5 rings (SSSR count). The summed E-state index contributed by atoms with van der Waals surface area (Å²) in [6.07, 6.45) is -4.30. The predicted octanol–water partition coefficient (Wildman–Crippen LogP) is -1.29. The third kappa shape index (κ3) is 6.04. The average Bonchev–Trinajstić information content (AvgIpc) is 3.39. The van der Waals surface area contributed by atoms with Gasteiger partial charge in [0.25, 0.3) is 7.82 Å². The third-order valence-electron chi connectivity index (χ3n) is 6.01. The fraction of sp³-hybridized carbons (Fsp3) is 0.556. The highest BCUT2D eigenvalue weighted by Gasteiger charge is 2.44. The Kier molecular flexibility index (Phi) is 7.56. The van der Waals surface area contributed by atoms with Gasteiger partial charge in [0.1, 0.15) is 30.2 Å². The standard InChI is InChI=1S/C18H24N6O11P2S/c19-13-1-3-23(17(25)21-13)15-5-9-11(32-15)7-31-36(27,28)34-10-6-16(24-4-2-14(20)22-18(24)26)33-12(10)8-38-37(29,30)35-9/h1-4,9-12,15-16H,5-8H2,(H,27,28)(H,29,30)(H2,19,21,25)(H2,20,22,26)/p-2/t9-,10+,11+,12-,15+,16-/m1/s1. The number of ether oxygens (including phenoxy) is 2. The van der Waals surface area contributed by atoms with E-state index in [0.717, 1.165) is 9.13 Å². The molecule has 0 aliphatic carbocycles. The molecule has 38 heavy (non-hydrogen) atoms. The Morgan fingerprint density at radius 1 is 0.868 bits per heavy atom. The summed E-state index contributed by atoms with van der Waals surface area (Å²) in [7, 11) is -4.98. The second-order valence-corrected chi connectivity index (χ2v) is 13.8. The Morgan fingerprint density at radius 3 is 1.95 bits per heavy atom. The van der Waals surface area contributed by atoms with Crippen molar-refractivity contribution in [1.82, 2.24) is 19.1 Å². The highest BCUT2D eigenvalue weighted by atomic mass is 32.7. The van der Waals surface area contributed by atoms with Gasteiger partial charge in [-0.1, -0.05) is 11.4 Å².